The lowest BCUT2D eigenvalue weighted by Crippen LogP contribution is -2.33. The molecule has 3 N–H and O–H groups in total. The third-order valence-electron chi connectivity index (χ3n) is 1.56. The number of carbonyl (C=O) groups is 1. The summed E-state index contributed by atoms with van der Waals surface area (Å²) in [6.07, 6.45) is 0.425. The zero-order chi connectivity index (χ0) is 8.15. The topological polar surface area (TPSA) is 55.1 Å². The molecule has 3 nitrogen and oxygen atoms in total. The van der Waals surface area contributed by atoms with Gasteiger partial charge in [0.2, 0.25) is 5.91 Å². The molecule has 0 aliphatic heterocycles. The van der Waals surface area contributed by atoms with Crippen molar-refractivity contribution in [3.05, 3.63) is 0 Å². The van der Waals surface area contributed by atoms with E-state index in [1.807, 2.05) is 13.8 Å². The largest absolute Gasteiger partial charge is 0.359 e. The molecule has 0 saturated carbocycles. The Labute approximate surface area is 62.0 Å². The summed E-state index contributed by atoms with van der Waals surface area (Å²) in [6.45, 7) is 4.02. The minimum atomic E-state index is -0.0139. The fourth-order valence-corrected chi connectivity index (χ4v) is 0.552. The van der Waals surface area contributed by atoms with Gasteiger partial charge in [-0.1, -0.05) is 13.8 Å². The van der Waals surface area contributed by atoms with Crippen LogP contribution in [0.1, 0.15) is 20.3 Å². The van der Waals surface area contributed by atoms with Gasteiger partial charge in [0.1, 0.15) is 0 Å². The lowest BCUT2D eigenvalue weighted by Gasteiger charge is -2.13. The van der Waals surface area contributed by atoms with E-state index < -0.39 is 0 Å². The third kappa shape index (κ3) is 3.45. The van der Waals surface area contributed by atoms with Crippen LogP contribution in [0.5, 0.6) is 0 Å². The minimum absolute atomic E-state index is 0.0139. The molecule has 0 heterocycles. The van der Waals surface area contributed by atoms with E-state index in [4.69, 9.17) is 5.73 Å². The van der Waals surface area contributed by atoms with Crippen LogP contribution in [0.25, 0.3) is 0 Å². The van der Waals surface area contributed by atoms with Gasteiger partial charge in [-0.25, -0.2) is 0 Å². The molecule has 0 saturated heterocycles. The minimum Gasteiger partial charge on any atom is -0.359 e. The van der Waals surface area contributed by atoms with E-state index in [-0.39, 0.29) is 11.9 Å². The first-order chi connectivity index (χ1) is 4.57. The van der Waals surface area contributed by atoms with Gasteiger partial charge in [0.15, 0.2) is 0 Å². The fourth-order valence-electron chi connectivity index (χ4n) is 0.552. The van der Waals surface area contributed by atoms with Crippen LogP contribution in [-0.4, -0.2) is 19.0 Å². The van der Waals surface area contributed by atoms with Gasteiger partial charge in [-0.15, -0.1) is 0 Å². The van der Waals surface area contributed by atoms with Gasteiger partial charge in [0, 0.05) is 19.5 Å². The number of nitrogens with one attached hydrogen (secondary N) is 1. The van der Waals surface area contributed by atoms with Crippen molar-refractivity contribution in [3.8, 4) is 0 Å². The summed E-state index contributed by atoms with van der Waals surface area (Å²) in [6, 6.07) is -0.0139. The Morgan fingerprint density at radius 1 is 1.60 bits per heavy atom. The van der Waals surface area contributed by atoms with Crippen molar-refractivity contribution >= 4 is 5.91 Å². The Kier molecular flexibility index (Phi) is 4.03. The first-order valence-electron chi connectivity index (χ1n) is 3.54. The Morgan fingerprint density at radius 2 is 2.10 bits per heavy atom. The van der Waals surface area contributed by atoms with Crippen molar-refractivity contribution in [2.45, 2.75) is 26.3 Å². The standard InChI is InChI=1S/C7H16N2O/c1-5(2)6(8)4-7(10)9-3/h5-6H,4,8H2,1-3H3,(H,9,10)/t6-/m0/s1. The molecule has 60 valence electrons. The number of carbonyl (C=O) groups excluding carboxylic acids is 1. The van der Waals surface area contributed by atoms with Gasteiger partial charge < -0.3 is 11.1 Å². The highest BCUT2D eigenvalue weighted by Gasteiger charge is 2.10. The van der Waals surface area contributed by atoms with E-state index in [9.17, 15) is 4.79 Å². The first kappa shape index (κ1) is 9.43. The molecule has 0 bridgehead atoms. The van der Waals surface area contributed by atoms with E-state index in [0.717, 1.165) is 0 Å². The summed E-state index contributed by atoms with van der Waals surface area (Å²) < 4.78 is 0. The van der Waals surface area contributed by atoms with Crippen molar-refractivity contribution in [3.63, 3.8) is 0 Å². The average molecular weight is 144 g/mol. The summed E-state index contributed by atoms with van der Waals surface area (Å²) in [5.74, 6) is 0.387. The second-order valence-corrected chi connectivity index (χ2v) is 2.79. The summed E-state index contributed by atoms with van der Waals surface area (Å²) in [5, 5.41) is 2.53. The van der Waals surface area contributed by atoms with Crippen molar-refractivity contribution in [2.24, 2.45) is 11.7 Å². The van der Waals surface area contributed by atoms with Gasteiger partial charge in [0.05, 0.1) is 0 Å². The zero-order valence-corrected chi connectivity index (χ0v) is 6.85. The molecule has 3 heteroatoms. The number of nitrogens with two attached hydrogens (primary N) is 1. The predicted octanol–water partition coefficient (Wildman–Crippen LogP) is 0.106. The van der Waals surface area contributed by atoms with Crippen LogP contribution in [0.3, 0.4) is 0 Å². The molecular weight excluding hydrogens is 128 g/mol. The maximum absolute atomic E-state index is 10.7. The highest BCUT2D eigenvalue weighted by Crippen LogP contribution is 2.01. The molecule has 0 aromatic rings. The highest BCUT2D eigenvalue weighted by atomic mass is 16.1. The number of rotatable bonds is 3. The van der Waals surface area contributed by atoms with Crippen molar-refractivity contribution in [1.82, 2.24) is 5.32 Å². The van der Waals surface area contributed by atoms with Crippen LogP contribution in [0, 0.1) is 5.92 Å². The van der Waals surface area contributed by atoms with Crippen molar-refractivity contribution < 1.29 is 4.79 Å². The Hall–Kier alpha value is -0.570. The van der Waals surface area contributed by atoms with Crippen LogP contribution >= 0.6 is 0 Å². The van der Waals surface area contributed by atoms with Crippen molar-refractivity contribution in [2.75, 3.05) is 7.05 Å². The summed E-state index contributed by atoms with van der Waals surface area (Å²) in [7, 11) is 1.62. The van der Waals surface area contributed by atoms with Crippen LogP contribution in [0.2, 0.25) is 0 Å². The molecule has 1 atom stereocenters. The highest BCUT2D eigenvalue weighted by molar-refractivity contribution is 5.76. The molecule has 1 amide bonds. The van der Waals surface area contributed by atoms with E-state index >= 15 is 0 Å². The molecule has 0 radical (unpaired) electrons. The Morgan fingerprint density at radius 3 is 2.40 bits per heavy atom. The quantitative estimate of drug-likeness (QED) is 0.590. The maximum atomic E-state index is 10.7. The van der Waals surface area contributed by atoms with Gasteiger partial charge in [-0.3, -0.25) is 4.79 Å². The average Bonchev–Trinajstić information content (AvgIpc) is 1.87. The van der Waals surface area contributed by atoms with E-state index in [0.29, 0.717) is 12.3 Å². The van der Waals surface area contributed by atoms with Gasteiger partial charge in [-0.05, 0) is 5.92 Å². The van der Waals surface area contributed by atoms with Crippen LogP contribution in [-0.2, 0) is 4.79 Å². The predicted molar refractivity (Wildman–Crippen MR) is 41.5 cm³/mol. The molecule has 0 aliphatic carbocycles. The second kappa shape index (κ2) is 4.28. The van der Waals surface area contributed by atoms with Crippen LogP contribution < -0.4 is 11.1 Å². The van der Waals surface area contributed by atoms with Crippen molar-refractivity contribution in [1.29, 1.82) is 0 Å². The van der Waals surface area contributed by atoms with Crippen LogP contribution in [0.4, 0.5) is 0 Å². The molecule has 0 unspecified atom stereocenters. The molecule has 0 rings (SSSR count). The van der Waals surface area contributed by atoms with Gasteiger partial charge >= 0.3 is 0 Å². The second-order valence-electron chi connectivity index (χ2n) is 2.79. The normalized spacial score (nSPS) is 13.3. The monoisotopic (exact) mass is 144 g/mol. The Bertz CT molecular complexity index is 112. The van der Waals surface area contributed by atoms with E-state index in [1.165, 1.54) is 0 Å². The third-order valence-corrected chi connectivity index (χ3v) is 1.56. The molecule has 0 spiro atoms. The maximum Gasteiger partial charge on any atom is 0.221 e. The first-order valence-corrected chi connectivity index (χ1v) is 3.54. The molecule has 0 aromatic carbocycles. The smallest absolute Gasteiger partial charge is 0.221 e. The molecule has 0 aromatic heterocycles. The fraction of sp³-hybridized carbons (Fsp3) is 0.857. The number of amides is 1. The number of hydrogen-bond donors (Lipinski definition) is 2. The summed E-state index contributed by atoms with van der Waals surface area (Å²) in [4.78, 5) is 10.7. The lowest BCUT2D eigenvalue weighted by molar-refractivity contribution is -0.121. The zero-order valence-electron chi connectivity index (χ0n) is 6.85. The molecule has 10 heavy (non-hydrogen) atoms. The van der Waals surface area contributed by atoms with Gasteiger partial charge in [-0.2, -0.15) is 0 Å². The molecule has 0 fully saturated rings. The molecular formula is C7H16N2O. The van der Waals surface area contributed by atoms with Gasteiger partial charge in [0.25, 0.3) is 0 Å². The molecule has 0 aliphatic rings. The van der Waals surface area contributed by atoms with E-state index in [2.05, 4.69) is 5.32 Å². The SMILES string of the molecule is CNC(=O)C[C@H](N)C(C)C. The summed E-state index contributed by atoms with van der Waals surface area (Å²) >= 11 is 0. The van der Waals surface area contributed by atoms with E-state index in [1.54, 1.807) is 7.05 Å². The summed E-state index contributed by atoms with van der Waals surface area (Å²) in [5.41, 5.74) is 5.63. The lowest BCUT2D eigenvalue weighted by atomic mass is 10.0. The van der Waals surface area contributed by atoms with Crippen LogP contribution in [0.15, 0.2) is 0 Å². The number of hydrogen-bond acceptors (Lipinski definition) is 2. The Balaban J connectivity index is 3.57.